The number of aromatic nitrogens is 1. The second-order valence-electron chi connectivity index (χ2n) is 4.52. The number of carboxylic acid groups (broad SMARTS) is 1. The van der Waals surface area contributed by atoms with Crippen LogP contribution in [0.25, 0.3) is 22.4 Å². The summed E-state index contributed by atoms with van der Waals surface area (Å²) in [6, 6.07) is 7.16. The second-order valence-corrected chi connectivity index (χ2v) is 4.93. The van der Waals surface area contributed by atoms with Crippen molar-refractivity contribution >= 4 is 28.5 Å². The standard InChI is InChI=1S/C15H9ClFNO3/c1-7-2-5-12(21-7)11-6-8(15(19)20)13-9(16)3-4-10(17)14(13)18-11/h2-6H,1H3,(H,19,20). The zero-order valence-corrected chi connectivity index (χ0v) is 11.6. The van der Waals surface area contributed by atoms with E-state index in [9.17, 15) is 14.3 Å². The Morgan fingerprint density at radius 3 is 2.71 bits per heavy atom. The lowest BCUT2D eigenvalue weighted by Gasteiger charge is -2.07. The summed E-state index contributed by atoms with van der Waals surface area (Å²) in [5.74, 6) is -0.826. The van der Waals surface area contributed by atoms with Crippen LogP contribution in [-0.4, -0.2) is 16.1 Å². The monoisotopic (exact) mass is 305 g/mol. The van der Waals surface area contributed by atoms with E-state index in [2.05, 4.69) is 4.98 Å². The van der Waals surface area contributed by atoms with Gasteiger partial charge in [0.2, 0.25) is 0 Å². The number of aryl methyl sites for hydroxylation is 1. The number of nitrogens with zero attached hydrogens (tertiary/aromatic N) is 1. The van der Waals surface area contributed by atoms with E-state index in [1.165, 1.54) is 12.1 Å². The fourth-order valence-corrected chi connectivity index (χ4v) is 2.39. The largest absolute Gasteiger partial charge is 0.478 e. The van der Waals surface area contributed by atoms with Crippen LogP contribution in [0, 0.1) is 12.7 Å². The molecule has 0 saturated heterocycles. The van der Waals surface area contributed by atoms with Gasteiger partial charge in [-0.25, -0.2) is 14.2 Å². The molecule has 2 heterocycles. The van der Waals surface area contributed by atoms with Gasteiger partial charge in [0.05, 0.1) is 10.6 Å². The molecule has 3 rings (SSSR count). The van der Waals surface area contributed by atoms with Crippen LogP contribution in [0.2, 0.25) is 5.02 Å². The molecule has 0 spiro atoms. The highest BCUT2D eigenvalue weighted by molar-refractivity contribution is 6.36. The first-order chi connectivity index (χ1) is 9.97. The average molecular weight is 306 g/mol. The van der Waals surface area contributed by atoms with E-state index in [0.717, 1.165) is 6.07 Å². The van der Waals surface area contributed by atoms with Gasteiger partial charge in [0, 0.05) is 5.39 Å². The Labute approximate surface area is 123 Å². The summed E-state index contributed by atoms with van der Waals surface area (Å²) in [5.41, 5.74) is 0.0363. The van der Waals surface area contributed by atoms with Crippen LogP contribution < -0.4 is 0 Å². The van der Waals surface area contributed by atoms with E-state index in [-0.39, 0.29) is 27.2 Å². The number of carbonyl (C=O) groups is 1. The Kier molecular flexibility index (Phi) is 3.14. The molecule has 0 unspecified atom stereocenters. The Morgan fingerprint density at radius 2 is 2.10 bits per heavy atom. The average Bonchev–Trinajstić information content (AvgIpc) is 2.88. The van der Waals surface area contributed by atoms with Gasteiger partial charge < -0.3 is 9.52 Å². The molecular weight excluding hydrogens is 297 g/mol. The SMILES string of the molecule is Cc1ccc(-c2cc(C(=O)O)c3c(Cl)ccc(F)c3n2)o1. The highest BCUT2D eigenvalue weighted by Crippen LogP contribution is 2.32. The molecule has 2 aromatic heterocycles. The van der Waals surface area contributed by atoms with Gasteiger partial charge in [-0.2, -0.15) is 0 Å². The molecule has 0 radical (unpaired) electrons. The molecule has 0 bridgehead atoms. The van der Waals surface area contributed by atoms with Gasteiger partial charge in [0.1, 0.15) is 22.8 Å². The fourth-order valence-electron chi connectivity index (χ4n) is 2.14. The zero-order valence-electron chi connectivity index (χ0n) is 10.9. The van der Waals surface area contributed by atoms with Crippen molar-refractivity contribution in [3.05, 3.63) is 52.5 Å². The molecule has 1 N–H and O–H groups in total. The van der Waals surface area contributed by atoms with Crippen LogP contribution in [0.3, 0.4) is 0 Å². The number of hydrogen-bond acceptors (Lipinski definition) is 3. The molecule has 21 heavy (non-hydrogen) atoms. The molecule has 0 aliphatic rings. The third-order valence-corrected chi connectivity index (χ3v) is 3.40. The maximum absolute atomic E-state index is 14.0. The maximum Gasteiger partial charge on any atom is 0.336 e. The molecule has 0 aliphatic heterocycles. The van der Waals surface area contributed by atoms with Crippen LogP contribution in [0.1, 0.15) is 16.1 Å². The van der Waals surface area contributed by atoms with E-state index >= 15 is 0 Å². The smallest absolute Gasteiger partial charge is 0.336 e. The Bertz CT molecular complexity index is 873. The molecule has 0 amide bonds. The third-order valence-electron chi connectivity index (χ3n) is 3.08. The Balaban J connectivity index is 2.40. The van der Waals surface area contributed by atoms with Crippen molar-refractivity contribution in [2.75, 3.05) is 0 Å². The maximum atomic E-state index is 14.0. The Hall–Kier alpha value is -2.40. The lowest BCUT2D eigenvalue weighted by molar-refractivity contribution is 0.0699. The number of rotatable bonds is 2. The number of fused-ring (bicyclic) bond motifs is 1. The number of pyridine rings is 1. The summed E-state index contributed by atoms with van der Waals surface area (Å²) in [6.07, 6.45) is 0. The van der Waals surface area contributed by atoms with Gasteiger partial charge >= 0.3 is 5.97 Å². The lowest BCUT2D eigenvalue weighted by Crippen LogP contribution is -2.01. The summed E-state index contributed by atoms with van der Waals surface area (Å²) in [6.45, 7) is 1.75. The zero-order chi connectivity index (χ0) is 15.1. The molecular formula is C15H9ClFNO3. The molecule has 106 valence electrons. The number of furan rings is 1. The van der Waals surface area contributed by atoms with E-state index < -0.39 is 11.8 Å². The molecule has 3 aromatic rings. The predicted molar refractivity (Wildman–Crippen MR) is 76.1 cm³/mol. The molecule has 6 heteroatoms. The van der Waals surface area contributed by atoms with Crippen molar-refractivity contribution in [2.24, 2.45) is 0 Å². The van der Waals surface area contributed by atoms with Crippen molar-refractivity contribution in [1.29, 1.82) is 0 Å². The van der Waals surface area contributed by atoms with E-state index in [0.29, 0.717) is 11.5 Å². The second kappa shape index (κ2) is 4.86. The topological polar surface area (TPSA) is 63.3 Å². The van der Waals surface area contributed by atoms with Gasteiger partial charge in [-0.3, -0.25) is 0 Å². The van der Waals surface area contributed by atoms with Crippen LogP contribution in [0.15, 0.2) is 34.7 Å². The minimum atomic E-state index is -1.21. The van der Waals surface area contributed by atoms with Crippen molar-refractivity contribution in [3.63, 3.8) is 0 Å². The minimum absolute atomic E-state index is 0.0798. The normalized spacial score (nSPS) is 11.0. The number of carboxylic acids is 1. The minimum Gasteiger partial charge on any atom is -0.478 e. The number of aromatic carboxylic acids is 1. The van der Waals surface area contributed by atoms with E-state index in [1.54, 1.807) is 19.1 Å². The quantitative estimate of drug-likeness (QED) is 0.767. The van der Waals surface area contributed by atoms with E-state index in [4.69, 9.17) is 16.0 Å². The summed E-state index contributed by atoms with van der Waals surface area (Å²) in [4.78, 5) is 15.6. The molecule has 0 atom stereocenters. The molecule has 0 aliphatic carbocycles. The number of halogens is 2. The van der Waals surface area contributed by atoms with Gasteiger partial charge in [0.25, 0.3) is 0 Å². The van der Waals surface area contributed by atoms with Crippen LogP contribution in [0.5, 0.6) is 0 Å². The first-order valence-corrected chi connectivity index (χ1v) is 6.44. The van der Waals surface area contributed by atoms with Crippen molar-refractivity contribution < 1.29 is 18.7 Å². The van der Waals surface area contributed by atoms with Crippen molar-refractivity contribution in [2.45, 2.75) is 6.92 Å². The van der Waals surface area contributed by atoms with Crippen molar-refractivity contribution in [1.82, 2.24) is 4.98 Å². The highest BCUT2D eigenvalue weighted by Gasteiger charge is 2.19. The molecule has 0 fully saturated rings. The molecule has 4 nitrogen and oxygen atoms in total. The number of benzene rings is 1. The lowest BCUT2D eigenvalue weighted by atomic mass is 10.1. The van der Waals surface area contributed by atoms with Gasteiger partial charge in [-0.05, 0) is 37.3 Å². The summed E-state index contributed by atoms with van der Waals surface area (Å²) < 4.78 is 19.4. The highest BCUT2D eigenvalue weighted by atomic mass is 35.5. The number of hydrogen-bond donors (Lipinski definition) is 1. The molecule has 0 saturated carbocycles. The van der Waals surface area contributed by atoms with Crippen molar-refractivity contribution in [3.8, 4) is 11.5 Å². The van der Waals surface area contributed by atoms with Crippen LogP contribution >= 0.6 is 11.6 Å². The van der Waals surface area contributed by atoms with Gasteiger partial charge in [0.15, 0.2) is 5.76 Å². The first-order valence-electron chi connectivity index (χ1n) is 6.06. The predicted octanol–water partition coefficient (Wildman–Crippen LogP) is 4.29. The van der Waals surface area contributed by atoms with Gasteiger partial charge in [-0.1, -0.05) is 11.6 Å². The van der Waals surface area contributed by atoms with Crippen LogP contribution in [-0.2, 0) is 0 Å². The van der Waals surface area contributed by atoms with E-state index in [1.807, 2.05) is 0 Å². The van der Waals surface area contributed by atoms with Gasteiger partial charge in [-0.15, -0.1) is 0 Å². The first kappa shape index (κ1) is 13.6. The third kappa shape index (κ3) is 2.25. The Morgan fingerprint density at radius 1 is 1.33 bits per heavy atom. The molecule has 1 aromatic carbocycles. The fraction of sp³-hybridized carbons (Fsp3) is 0.0667. The summed E-state index contributed by atoms with van der Waals surface area (Å²) in [5, 5.41) is 9.55. The summed E-state index contributed by atoms with van der Waals surface area (Å²) >= 11 is 5.99. The summed E-state index contributed by atoms with van der Waals surface area (Å²) in [7, 11) is 0. The van der Waals surface area contributed by atoms with Crippen LogP contribution in [0.4, 0.5) is 4.39 Å².